The molecule has 0 aromatic carbocycles. The molecule has 1 N–H and O–H groups in total. The molecule has 0 spiro atoms. The van der Waals surface area contributed by atoms with Gasteiger partial charge in [0.05, 0.1) is 0 Å². The minimum atomic E-state index is 0.221. The monoisotopic (exact) mass is 153 g/mol. The summed E-state index contributed by atoms with van der Waals surface area (Å²) < 4.78 is 0. The number of carbonyl (C=O) groups is 1. The maximum Gasteiger partial charge on any atom is 0.158 e. The highest BCUT2D eigenvalue weighted by Crippen LogP contribution is 2.14. The Balaban J connectivity index is 2.29. The van der Waals surface area contributed by atoms with Gasteiger partial charge in [0.2, 0.25) is 0 Å². The van der Waals surface area contributed by atoms with Crippen LogP contribution in [0, 0.1) is 5.92 Å². The molecule has 1 rings (SSSR count). The van der Waals surface area contributed by atoms with Crippen LogP contribution in [0.4, 0.5) is 0 Å². The zero-order valence-electron chi connectivity index (χ0n) is 7.02. The van der Waals surface area contributed by atoms with Crippen molar-refractivity contribution in [3.63, 3.8) is 0 Å². The molecule has 0 aliphatic carbocycles. The second-order valence-corrected chi connectivity index (χ2v) is 3.27. The van der Waals surface area contributed by atoms with E-state index in [0.717, 1.165) is 19.5 Å². The maximum atomic E-state index is 11.2. The Morgan fingerprint density at radius 2 is 2.45 bits per heavy atom. The summed E-state index contributed by atoms with van der Waals surface area (Å²) in [4.78, 5) is 11.2. The topological polar surface area (TPSA) is 29.1 Å². The zero-order valence-corrected chi connectivity index (χ0v) is 7.02. The van der Waals surface area contributed by atoms with Crippen molar-refractivity contribution in [3.8, 4) is 0 Å². The van der Waals surface area contributed by atoms with Crippen LogP contribution < -0.4 is 5.32 Å². The van der Waals surface area contributed by atoms with Crippen LogP contribution in [-0.4, -0.2) is 18.9 Å². The molecule has 2 heteroatoms. The van der Waals surface area contributed by atoms with E-state index < -0.39 is 0 Å². The van der Waals surface area contributed by atoms with Gasteiger partial charge in [-0.2, -0.15) is 0 Å². The predicted molar refractivity (Wildman–Crippen MR) is 45.4 cm³/mol. The van der Waals surface area contributed by atoms with Gasteiger partial charge in [0.25, 0.3) is 0 Å². The van der Waals surface area contributed by atoms with Crippen LogP contribution >= 0.6 is 0 Å². The van der Waals surface area contributed by atoms with E-state index in [9.17, 15) is 4.79 Å². The number of hydrogen-bond donors (Lipinski definition) is 1. The predicted octanol–water partition coefficient (Wildman–Crippen LogP) is 1.13. The van der Waals surface area contributed by atoms with Gasteiger partial charge in [-0.15, -0.1) is 0 Å². The number of Topliss-reactive ketones (excluding diaryl/α,β-unsaturated/α-hetero) is 1. The number of carbonyl (C=O) groups excluding carboxylic acids is 1. The third kappa shape index (κ3) is 2.46. The Morgan fingerprint density at radius 1 is 1.73 bits per heavy atom. The first kappa shape index (κ1) is 8.47. The summed E-state index contributed by atoms with van der Waals surface area (Å²) >= 11 is 0. The van der Waals surface area contributed by atoms with Crippen LogP contribution in [0.5, 0.6) is 0 Å². The minimum absolute atomic E-state index is 0.221. The quantitative estimate of drug-likeness (QED) is 0.616. The average Bonchev–Trinajstić information content (AvgIpc) is 2.39. The Bertz CT molecular complexity index is 168. The third-order valence-corrected chi connectivity index (χ3v) is 2.11. The van der Waals surface area contributed by atoms with E-state index in [1.807, 2.05) is 0 Å². The fourth-order valence-electron chi connectivity index (χ4n) is 1.33. The molecule has 11 heavy (non-hydrogen) atoms. The molecule has 1 heterocycles. The van der Waals surface area contributed by atoms with Crippen LogP contribution in [0.2, 0.25) is 0 Å². The summed E-state index contributed by atoms with van der Waals surface area (Å²) in [5, 5.41) is 3.23. The van der Waals surface area contributed by atoms with E-state index in [1.54, 1.807) is 6.92 Å². The van der Waals surface area contributed by atoms with E-state index in [0.29, 0.717) is 17.9 Å². The summed E-state index contributed by atoms with van der Waals surface area (Å²) in [7, 11) is 0. The highest BCUT2D eigenvalue weighted by atomic mass is 16.1. The van der Waals surface area contributed by atoms with Gasteiger partial charge < -0.3 is 5.32 Å². The van der Waals surface area contributed by atoms with Crippen molar-refractivity contribution in [2.75, 3.05) is 13.1 Å². The van der Waals surface area contributed by atoms with Gasteiger partial charge in [-0.3, -0.25) is 4.79 Å². The normalized spacial score (nSPS) is 23.5. The first-order valence-corrected chi connectivity index (χ1v) is 4.09. The first-order chi connectivity index (χ1) is 5.20. The van der Waals surface area contributed by atoms with Crippen LogP contribution in [-0.2, 0) is 4.79 Å². The molecular weight excluding hydrogens is 138 g/mol. The molecule has 0 aromatic heterocycles. The fraction of sp³-hybridized carbons (Fsp3) is 0.667. The summed E-state index contributed by atoms with van der Waals surface area (Å²) in [6, 6.07) is 0. The maximum absolute atomic E-state index is 11.2. The van der Waals surface area contributed by atoms with Gasteiger partial charge >= 0.3 is 0 Å². The van der Waals surface area contributed by atoms with Gasteiger partial charge in [0.1, 0.15) is 0 Å². The van der Waals surface area contributed by atoms with Crippen LogP contribution in [0.15, 0.2) is 12.2 Å². The van der Waals surface area contributed by atoms with Crippen molar-refractivity contribution in [2.45, 2.75) is 19.8 Å². The van der Waals surface area contributed by atoms with Crippen molar-refractivity contribution in [2.24, 2.45) is 5.92 Å². The lowest BCUT2D eigenvalue weighted by molar-refractivity contribution is -0.116. The highest BCUT2D eigenvalue weighted by Gasteiger charge is 2.17. The Hall–Kier alpha value is -0.630. The second-order valence-electron chi connectivity index (χ2n) is 3.27. The number of nitrogens with one attached hydrogen (secondary N) is 1. The molecule has 1 fully saturated rings. The molecule has 2 nitrogen and oxygen atoms in total. The zero-order chi connectivity index (χ0) is 8.27. The largest absolute Gasteiger partial charge is 0.316 e. The molecule has 1 aliphatic rings. The van der Waals surface area contributed by atoms with Crippen molar-refractivity contribution < 1.29 is 4.79 Å². The number of rotatable bonds is 3. The molecule has 1 unspecified atom stereocenters. The number of ketones is 1. The first-order valence-electron chi connectivity index (χ1n) is 4.09. The van der Waals surface area contributed by atoms with Gasteiger partial charge in [-0.1, -0.05) is 6.58 Å². The molecule has 1 aliphatic heterocycles. The van der Waals surface area contributed by atoms with Crippen LogP contribution in [0.3, 0.4) is 0 Å². The van der Waals surface area contributed by atoms with Crippen molar-refractivity contribution in [1.82, 2.24) is 5.32 Å². The van der Waals surface area contributed by atoms with Crippen molar-refractivity contribution in [1.29, 1.82) is 0 Å². The van der Waals surface area contributed by atoms with E-state index >= 15 is 0 Å². The third-order valence-electron chi connectivity index (χ3n) is 2.11. The second kappa shape index (κ2) is 3.67. The molecule has 62 valence electrons. The van der Waals surface area contributed by atoms with Crippen LogP contribution in [0.25, 0.3) is 0 Å². The summed E-state index contributed by atoms with van der Waals surface area (Å²) in [5.41, 5.74) is 0.692. The Labute approximate surface area is 67.7 Å². The lowest BCUT2D eigenvalue weighted by Gasteiger charge is -2.05. The van der Waals surface area contributed by atoms with Crippen molar-refractivity contribution in [3.05, 3.63) is 12.2 Å². The van der Waals surface area contributed by atoms with E-state index in [4.69, 9.17) is 0 Å². The highest BCUT2D eigenvalue weighted by molar-refractivity contribution is 5.94. The molecule has 0 amide bonds. The average molecular weight is 153 g/mol. The van der Waals surface area contributed by atoms with E-state index in [-0.39, 0.29) is 5.78 Å². The van der Waals surface area contributed by atoms with E-state index in [2.05, 4.69) is 11.9 Å². The SMILES string of the molecule is C=C(C)C(=O)CC1CCNC1. The molecule has 0 bridgehead atoms. The number of allylic oxidation sites excluding steroid dienone is 1. The Kier molecular flexibility index (Phi) is 2.83. The number of hydrogen-bond acceptors (Lipinski definition) is 2. The lowest BCUT2D eigenvalue weighted by atomic mass is 9.99. The van der Waals surface area contributed by atoms with Gasteiger partial charge in [-0.25, -0.2) is 0 Å². The standard InChI is InChI=1S/C9H15NO/c1-7(2)9(11)5-8-3-4-10-6-8/h8,10H,1,3-6H2,2H3. The van der Waals surface area contributed by atoms with Crippen LogP contribution in [0.1, 0.15) is 19.8 Å². The fourth-order valence-corrected chi connectivity index (χ4v) is 1.33. The minimum Gasteiger partial charge on any atom is -0.316 e. The molecule has 0 aromatic rings. The molecule has 1 atom stereocenters. The molecule has 0 saturated carbocycles. The van der Waals surface area contributed by atoms with E-state index in [1.165, 1.54) is 0 Å². The molecule has 0 radical (unpaired) electrons. The summed E-state index contributed by atoms with van der Waals surface area (Å²) in [6.45, 7) is 7.47. The van der Waals surface area contributed by atoms with Gasteiger partial charge in [-0.05, 0) is 37.9 Å². The van der Waals surface area contributed by atoms with Gasteiger partial charge in [0.15, 0.2) is 5.78 Å². The Morgan fingerprint density at radius 3 is 2.91 bits per heavy atom. The molecule has 1 saturated heterocycles. The summed E-state index contributed by atoms with van der Waals surface area (Å²) in [6.07, 6.45) is 1.82. The van der Waals surface area contributed by atoms with Crippen molar-refractivity contribution >= 4 is 5.78 Å². The lowest BCUT2D eigenvalue weighted by Crippen LogP contribution is -2.12. The summed E-state index contributed by atoms with van der Waals surface area (Å²) in [5.74, 6) is 0.776. The van der Waals surface area contributed by atoms with Gasteiger partial charge in [0, 0.05) is 6.42 Å². The molecular formula is C9H15NO. The smallest absolute Gasteiger partial charge is 0.158 e.